The zero-order valence-electron chi connectivity index (χ0n) is 22.4. The Morgan fingerprint density at radius 1 is 0.951 bits per heavy atom. The number of carbonyl (C=O) groups is 3. The zero-order chi connectivity index (χ0) is 28.8. The number of rotatable bonds is 9. The van der Waals surface area contributed by atoms with Crippen LogP contribution in [0.2, 0.25) is 0 Å². The van der Waals surface area contributed by atoms with E-state index in [0.29, 0.717) is 35.3 Å². The third kappa shape index (κ3) is 6.75. The molecule has 0 radical (unpaired) electrons. The molecule has 2 atom stereocenters. The Balaban J connectivity index is 1.33. The van der Waals surface area contributed by atoms with Crippen LogP contribution in [-0.4, -0.2) is 40.4 Å². The summed E-state index contributed by atoms with van der Waals surface area (Å²) in [5.41, 5.74) is 4.23. The van der Waals surface area contributed by atoms with E-state index in [1.807, 2.05) is 37.3 Å². The molecule has 5 rings (SSSR count). The van der Waals surface area contributed by atoms with E-state index in [4.69, 9.17) is 4.74 Å². The van der Waals surface area contributed by atoms with Crippen molar-refractivity contribution in [2.24, 2.45) is 0 Å². The first kappa shape index (κ1) is 27.5. The molecule has 2 heterocycles. The van der Waals surface area contributed by atoms with E-state index in [1.165, 1.54) is 17.0 Å². The second-order valence-corrected chi connectivity index (χ2v) is 9.81. The van der Waals surface area contributed by atoms with E-state index in [1.54, 1.807) is 54.7 Å². The number of benzene rings is 3. The van der Waals surface area contributed by atoms with Gasteiger partial charge in [-0.15, -0.1) is 0 Å². The van der Waals surface area contributed by atoms with Gasteiger partial charge in [0.15, 0.2) is 12.1 Å². The number of pyridine rings is 1. The van der Waals surface area contributed by atoms with E-state index in [9.17, 15) is 18.8 Å². The number of halogens is 1. The third-order valence-electron chi connectivity index (χ3n) is 6.84. The molecule has 1 saturated heterocycles. The highest BCUT2D eigenvalue weighted by Gasteiger charge is 2.46. The molecule has 41 heavy (non-hydrogen) atoms. The standard InChI is InChI=1S/C32H29FN4O4/c1-21-5-9-24(10-6-21)30(38)36-27-15-11-23(12-16-27)29-28(31(39)35-19-17-26-4-2-3-18-34-26)37(32(40)41-29)20-22-7-13-25(33)14-8-22/h2-16,18,28-29H,17,19-20H2,1H3,(H,35,39)(H,36,38)/t28-,29-/m1/s1. The molecule has 9 heteroatoms. The van der Waals surface area contributed by atoms with Crippen molar-refractivity contribution in [2.75, 3.05) is 11.9 Å². The molecule has 2 N–H and O–H groups in total. The summed E-state index contributed by atoms with van der Waals surface area (Å²) < 4.78 is 19.2. The number of carbonyl (C=O) groups excluding carboxylic acids is 3. The van der Waals surface area contributed by atoms with Crippen molar-refractivity contribution >= 4 is 23.6 Å². The minimum atomic E-state index is -0.968. The number of ether oxygens (including phenoxy) is 1. The van der Waals surface area contributed by atoms with Gasteiger partial charge in [0.25, 0.3) is 5.91 Å². The van der Waals surface area contributed by atoms with Crippen molar-refractivity contribution in [3.05, 3.63) is 131 Å². The quantitative estimate of drug-likeness (QED) is 0.297. The zero-order valence-corrected chi connectivity index (χ0v) is 22.4. The summed E-state index contributed by atoms with van der Waals surface area (Å²) in [4.78, 5) is 44.8. The Hall–Kier alpha value is -5.05. The van der Waals surface area contributed by atoms with Gasteiger partial charge in [0, 0.05) is 36.1 Å². The van der Waals surface area contributed by atoms with Crippen molar-refractivity contribution in [3.63, 3.8) is 0 Å². The second-order valence-electron chi connectivity index (χ2n) is 9.81. The smallest absolute Gasteiger partial charge is 0.411 e. The number of nitrogens with zero attached hydrogens (tertiary/aromatic N) is 2. The Kier molecular flexibility index (Phi) is 8.34. The van der Waals surface area contributed by atoms with Gasteiger partial charge in [0.2, 0.25) is 5.91 Å². The molecule has 8 nitrogen and oxygen atoms in total. The number of anilines is 1. The molecule has 208 valence electrons. The summed E-state index contributed by atoms with van der Waals surface area (Å²) in [6.07, 6.45) is 0.667. The van der Waals surface area contributed by atoms with Crippen molar-refractivity contribution in [1.82, 2.24) is 15.2 Å². The van der Waals surface area contributed by atoms with Gasteiger partial charge in [0.05, 0.1) is 6.54 Å². The maximum Gasteiger partial charge on any atom is 0.411 e. The number of hydrogen-bond donors (Lipinski definition) is 2. The molecule has 0 unspecified atom stereocenters. The monoisotopic (exact) mass is 552 g/mol. The number of amides is 3. The molecule has 0 spiro atoms. The largest absolute Gasteiger partial charge is 0.438 e. The Morgan fingerprint density at radius 3 is 2.37 bits per heavy atom. The van der Waals surface area contributed by atoms with Crippen molar-refractivity contribution in [3.8, 4) is 0 Å². The van der Waals surface area contributed by atoms with Gasteiger partial charge in [-0.25, -0.2) is 9.18 Å². The fourth-order valence-electron chi connectivity index (χ4n) is 4.63. The first-order valence-corrected chi connectivity index (χ1v) is 13.2. The third-order valence-corrected chi connectivity index (χ3v) is 6.84. The van der Waals surface area contributed by atoms with Crippen LogP contribution in [0.25, 0.3) is 0 Å². The first-order chi connectivity index (χ1) is 19.9. The SMILES string of the molecule is Cc1ccc(C(=O)Nc2ccc([C@H]3OC(=O)N(Cc4ccc(F)cc4)[C@H]3C(=O)NCCc3ccccn3)cc2)cc1. The number of cyclic esters (lactones) is 1. The first-order valence-electron chi connectivity index (χ1n) is 13.2. The highest BCUT2D eigenvalue weighted by molar-refractivity contribution is 6.04. The maximum absolute atomic E-state index is 13.5. The van der Waals surface area contributed by atoms with Gasteiger partial charge in [-0.3, -0.25) is 19.5 Å². The summed E-state index contributed by atoms with van der Waals surface area (Å²) in [5, 5.41) is 5.76. The van der Waals surface area contributed by atoms with Crippen molar-refractivity contribution in [1.29, 1.82) is 0 Å². The summed E-state index contributed by atoms with van der Waals surface area (Å²) in [6, 6.07) is 24.4. The number of aryl methyl sites for hydroxylation is 1. The molecule has 4 aromatic rings. The normalized spacial score (nSPS) is 16.2. The number of hydrogen-bond acceptors (Lipinski definition) is 5. The van der Waals surface area contributed by atoms with E-state index in [0.717, 1.165) is 11.3 Å². The molecule has 3 amide bonds. The lowest BCUT2D eigenvalue weighted by molar-refractivity contribution is -0.126. The molecule has 0 saturated carbocycles. The van der Waals surface area contributed by atoms with E-state index < -0.39 is 24.1 Å². The van der Waals surface area contributed by atoms with E-state index in [2.05, 4.69) is 15.6 Å². The fraction of sp³-hybridized carbons (Fsp3) is 0.188. The predicted octanol–water partition coefficient (Wildman–Crippen LogP) is 5.20. The van der Waals surface area contributed by atoms with Crippen LogP contribution in [-0.2, 0) is 22.5 Å². The highest BCUT2D eigenvalue weighted by Crippen LogP contribution is 2.34. The number of nitrogens with one attached hydrogen (secondary N) is 2. The summed E-state index contributed by atoms with van der Waals surface area (Å²) >= 11 is 0. The van der Waals surface area contributed by atoms with Gasteiger partial charge in [-0.2, -0.15) is 0 Å². The van der Waals surface area contributed by atoms with Crippen LogP contribution in [0.1, 0.15) is 38.8 Å². The van der Waals surface area contributed by atoms with Crippen LogP contribution in [0.5, 0.6) is 0 Å². The summed E-state index contributed by atoms with van der Waals surface area (Å²) in [7, 11) is 0. The second kappa shape index (κ2) is 12.4. The summed E-state index contributed by atoms with van der Waals surface area (Å²) in [5.74, 6) is -1.02. The van der Waals surface area contributed by atoms with Crippen LogP contribution in [0.4, 0.5) is 14.9 Å². The molecule has 1 aliphatic heterocycles. The summed E-state index contributed by atoms with van der Waals surface area (Å²) in [6.45, 7) is 2.34. The lowest BCUT2D eigenvalue weighted by Gasteiger charge is -2.24. The van der Waals surface area contributed by atoms with Crippen LogP contribution in [0.15, 0.2) is 97.2 Å². The molecule has 3 aromatic carbocycles. The highest BCUT2D eigenvalue weighted by atomic mass is 19.1. The Morgan fingerprint density at radius 2 is 1.68 bits per heavy atom. The fourth-order valence-corrected chi connectivity index (χ4v) is 4.63. The topological polar surface area (TPSA) is 101 Å². The van der Waals surface area contributed by atoms with Crippen LogP contribution >= 0.6 is 0 Å². The van der Waals surface area contributed by atoms with Gasteiger partial charge in [0.1, 0.15) is 5.82 Å². The molecule has 0 bridgehead atoms. The maximum atomic E-state index is 13.5. The minimum Gasteiger partial charge on any atom is -0.438 e. The molecule has 1 aromatic heterocycles. The van der Waals surface area contributed by atoms with Gasteiger partial charge < -0.3 is 15.4 Å². The van der Waals surface area contributed by atoms with Crippen LogP contribution in [0.3, 0.4) is 0 Å². The molecule has 1 aliphatic rings. The van der Waals surface area contributed by atoms with Crippen LogP contribution < -0.4 is 10.6 Å². The average Bonchev–Trinajstić information content (AvgIpc) is 3.31. The molecular formula is C32H29FN4O4. The molecule has 1 fully saturated rings. The van der Waals surface area contributed by atoms with Crippen molar-refractivity contribution in [2.45, 2.75) is 32.0 Å². The Bertz CT molecular complexity index is 1510. The van der Waals surface area contributed by atoms with Gasteiger partial charge in [-0.05, 0) is 66.6 Å². The van der Waals surface area contributed by atoms with Crippen LogP contribution in [0, 0.1) is 12.7 Å². The number of aromatic nitrogens is 1. The van der Waals surface area contributed by atoms with E-state index >= 15 is 0 Å². The van der Waals surface area contributed by atoms with Crippen molar-refractivity contribution < 1.29 is 23.5 Å². The Labute approximate surface area is 237 Å². The molecule has 0 aliphatic carbocycles. The lowest BCUT2D eigenvalue weighted by Crippen LogP contribution is -2.46. The average molecular weight is 553 g/mol. The van der Waals surface area contributed by atoms with Gasteiger partial charge >= 0.3 is 6.09 Å². The van der Waals surface area contributed by atoms with Gasteiger partial charge in [-0.1, -0.05) is 48.0 Å². The minimum absolute atomic E-state index is 0.0681. The lowest BCUT2D eigenvalue weighted by atomic mass is 10.00. The molecular weight excluding hydrogens is 523 g/mol. The van der Waals surface area contributed by atoms with E-state index in [-0.39, 0.29) is 18.4 Å². The predicted molar refractivity (Wildman–Crippen MR) is 151 cm³/mol.